The van der Waals surface area contributed by atoms with Crippen LogP contribution in [-0.2, 0) is 0 Å². The van der Waals surface area contributed by atoms with Gasteiger partial charge in [-0.25, -0.2) is 0 Å². The van der Waals surface area contributed by atoms with E-state index in [9.17, 15) is 0 Å². The molecule has 0 bridgehead atoms. The van der Waals surface area contributed by atoms with Crippen molar-refractivity contribution < 1.29 is 0 Å². The summed E-state index contributed by atoms with van der Waals surface area (Å²) in [5.41, 5.74) is 42.3. The molecule has 0 aliphatic heterocycles. The quantitative estimate of drug-likeness (QED) is 0.125. The fourth-order valence-electron chi connectivity index (χ4n) is 11.7. The largest absolute Gasteiger partial charge is 0.139 e. The molecule has 0 amide bonds. The van der Waals surface area contributed by atoms with Crippen molar-refractivity contribution in [3.8, 4) is 33.4 Å². The normalized spacial score (nSPS) is 11.6. The Hall–Kier alpha value is -3.19. The summed E-state index contributed by atoms with van der Waals surface area (Å²) in [5.74, 6) is 0. The van der Waals surface area contributed by atoms with Crippen LogP contribution < -0.4 is 126 Å². The van der Waals surface area contributed by atoms with Crippen molar-refractivity contribution in [1.29, 1.82) is 0 Å². The minimum Gasteiger partial charge on any atom is -0.102 e. The summed E-state index contributed by atoms with van der Waals surface area (Å²) < 4.78 is 0. The van der Waals surface area contributed by atoms with Crippen LogP contribution in [0.2, 0.25) is 0 Å². The average molecular weight is 742 g/mol. The first-order valence-electron chi connectivity index (χ1n) is 22.5. The van der Waals surface area contributed by atoms with Gasteiger partial charge in [-0.1, -0.05) is 71.1 Å². The van der Waals surface area contributed by atoms with Gasteiger partial charge in [0.2, 0.25) is 0 Å². The Bertz CT molecular complexity index is 3050. The molecule has 7 rings (SSSR count). The second-order valence-electron chi connectivity index (χ2n) is 19.5. The van der Waals surface area contributed by atoms with Crippen molar-refractivity contribution in [3.63, 3.8) is 0 Å². The van der Waals surface area contributed by atoms with E-state index in [2.05, 4.69) is 187 Å². The van der Waals surface area contributed by atoms with E-state index in [4.69, 9.17) is 0 Å². The van der Waals surface area contributed by atoms with Gasteiger partial charge in [-0.2, -0.15) is 0 Å². The Morgan fingerprint density at radius 1 is 0.150 bits per heavy atom. The van der Waals surface area contributed by atoms with Gasteiger partial charge in [0.25, 0.3) is 0 Å². The highest BCUT2D eigenvalue weighted by atomic mass is 14.3. The molecule has 7 aromatic rings. The van der Waals surface area contributed by atoms with Crippen LogP contribution in [0.25, 0.3) is 65.7 Å². The topological polar surface area (TPSA) is 0 Å². The zero-order chi connectivity index (χ0) is 44.8. The lowest BCUT2D eigenvalue weighted by atomic mass is 9.55. The summed E-state index contributed by atoms with van der Waals surface area (Å²) in [6.45, 7) is 2.37. The number of hydrogen-bond acceptors (Lipinski definition) is 0. The van der Waals surface area contributed by atoms with E-state index in [1.54, 1.807) is 0 Å². The summed E-state index contributed by atoms with van der Waals surface area (Å²) in [7, 11) is 54.7. The third kappa shape index (κ3) is 5.84. The van der Waals surface area contributed by atoms with Crippen molar-refractivity contribution in [1.82, 2.24) is 0 Å². The summed E-state index contributed by atoms with van der Waals surface area (Å²) in [6.07, 6.45) is 0. The van der Waals surface area contributed by atoms with Gasteiger partial charge >= 0.3 is 0 Å². The van der Waals surface area contributed by atoms with Gasteiger partial charge in [-0.3, -0.25) is 0 Å². The lowest BCUT2D eigenvalue weighted by Crippen LogP contribution is -2.55. The van der Waals surface area contributed by atoms with Crippen LogP contribution in [0.1, 0.15) is 5.56 Å². The minimum absolute atomic E-state index is 1.40. The average Bonchev–Trinajstić information content (AvgIpc) is 3.22. The Morgan fingerprint density at radius 3 is 0.617 bits per heavy atom. The lowest BCUT2D eigenvalue weighted by molar-refractivity contribution is 1.55. The third-order valence-electron chi connectivity index (χ3n) is 17.6. The van der Waals surface area contributed by atoms with Crippen LogP contribution in [0.4, 0.5) is 0 Å². The van der Waals surface area contributed by atoms with E-state index in [1.807, 2.05) is 0 Å². The molecule has 266 valence electrons. The Balaban J connectivity index is 1.95. The second kappa shape index (κ2) is 15.3. The number of rotatable bonds is 3. The molecule has 0 saturated carbocycles. The smallest absolute Gasteiger partial charge is 0.102 e. The first-order chi connectivity index (χ1) is 27.9. The summed E-state index contributed by atoms with van der Waals surface area (Å²) in [6, 6.07) is 0. The van der Waals surface area contributed by atoms with Crippen LogP contribution in [0, 0.1) is 6.92 Å². The molecule has 0 saturated heterocycles. The molecule has 0 N–H and O–H groups in total. The highest BCUT2D eigenvalue weighted by molar-refractivity contribution is 6.76. The zero-order valence-corrected chi connectivity index (χ0v) is 42.0. The molecule has 0 spiro atoms. The number of hydrogen-bond donors (Lipinski definition) is 0. The molecule has 0 atom stereocenters. The third-order valence-corrected chi connectivity index (χ3v) is 17.6. The number of fused-ring (bicyclic) bond motifs is 3. The maximum absolute atomic E-state index is 2.45. The molecule has 0 nitrogen and oxygen atoms in total. The zero-order valence-electron chi connectivity index (χ0n) is 42.0. The predicted octanol–water partition coefficient (Wildman–Crippen LogP) is -29.6. The van der Waals surface area contributed by atoms with Gasteiger partial charge in [0.05, 0.1) is 0 Å². The van der Waals surface area contributed by atoms with E-state index < -0.39 is 0 Å². The van der Waals surface area contributed by atoms with Crippen LogP contribution in [0.5, 0.6) is 0 Å². The molecule has 0 heterocycles. The monoisotopic (exact) mass is 747 g/mol. The minimum atomic E-state index is 1.40. The molecular weight excluding hydrogens is 693 g/mol. The lowest BCUT2D eigenvalue weighted by Gasteiger charge is -2.33. The molecule has 0 aliphatic rings. The Morgan fingerprint density at radius 2 is 0.317 bits per heavy atom. The van der Waals surface area contributed by atoms with Crippen molar-refractivity contribution in [2.45, 2.75) is 6.92 Å². The molecule has 7 aromatic carbocycles. The van der Waals surface area contributed by atoms with Crippen molar-refractivity contribution in [2.24, 2.45) is 0 Å². The van der Waals surface area contributed by atoms with Crippen LogP contribution >= 0.6 is 0 Å². The molecule has 0 radical (unpaired) electrons. The molecule has 0 fully saturated rings. The van der Waals surface area contributed by atoms with Crippen molar-refractivity contribution in [2.75, 3.05) is 0 Å². The van der Waals surface area contributed by atoms with E-state index in [1.165, 1.54) is 197 Å². The van der Waals surface area contributed by atoms with Gasteiger partial charge < -0.3 is 0 Å². The highest BCUT2D eigenvalue weighted by Crippen LogP contribution is 2.41. The Kier molecular flexibility index (Phi) is 11.4. The van der Waals surface area contributed by atoms with Gasteiger partial charge in [0, 0.05) is 0 Å². The van der Waals surface area contributed by atoms with Crippen molar-refractivity contribution >= 4 is 338 Å². The highest BCUT2D eigenvalue weighted by Gasteiger charge is 2.31. The molecule has 0 aromatic heterocycles. The summed E-state index contributed by atoms with van der Waals surface area (Å²) in [4.78, 5) is 0. The molecule has 60 heavy (non-hydrogen) atoms. The van der Waals surface area contributed by atoms with Crippen LogP contribution in [-0.4, -0.2) is 180 Å². The standard InChI is InChI=1S/C37H49B23/c1-2-3(16(39)28(51)27(50)15(2)38)6-12-13(24(47)34(57)33(56)23(12)46)9(18(41)17(6)40)4-7-10(21(44)31(54)29(52)19(7)42)5(11-8(4)20(43)30(53)32(55)22(11)45)14-25(48)35(58)37(60)36(59)26(14)49/h38-60H2,1H3. The SMILES string of the molecule is Bc1c(B)c(B)c(-c2c3c(B)c(B)c(B)c(B)c3c(-c3c(B)c(B)c(-c4c(B)c(B)c(B)c(B)c4C)c4c(B)c(B)c(B)c(B)c34)c3c(B)c(B)c(B)c(B)c23)c(B)c1B. The molecule has 23 heteroatoms. The van der Waals surface area contributed by atoms with Gasteiger partial charge in [0.1, 0.15) is 180 Å². The second-order valence-corrected chi connectivity index (χ2v) is 19.5. The summed E-state index contributed by atoms with van der Waals surface area (Å²) in [5, 5.41) is 8.59. The molecule has 0 aliphatic carbocycles. The van der Waals surface area contributed by atoms with Gasteiger partial charge in [0.15, 0.2) is 0 Å². The van der Waals surface area contributed by atoms with Gasteiger partial charge in [-0.15, -0.1) is 60.1 Å². The van der Waals surface area contributed by atoms with Gasteiger partial charge in [-0.05, 0) is 72.6 Å². The van der Waals surface area contributed by atoms with Crippen molar-refractivity contribution in [3.05, 3.63) is 5.56 Å². The summed E-state index contributed by atoms with van der Waals surface area (Å²) >= 11 is 0. The van der Waals surface area contributed by atoms with E-state index in [0.29, 0.717) is 0 Å². The first kappa shape index (κ1) is 44.9. The van der Waals surface area contributed by atoms with Crippen LogP contribution in [0.3, 0.4) is 0 Å². The Labute approximate surface area is 382 Å². The van der Waals surface area contributed by atoms with Crippen LogP contribution in [0.15, 0.2) is 0 Å². The maximum atomic E-state index is 2.45. The fraction of sp³-hybridized carbons (Fsp3) is 0.0270. The first-order valence-corrected chi connectivity index (χ1v) is 22.5. The number of benzene rings is 7. The fourth-order valence-corrected chi connectivity index (χ4v) is 11.7. The van der Waals surface area contributed by atoms with E-state index in [0.717, 1.165) is 0 Å². The van der Waals surface area contributed by atoms with E-state index in [-0.39, 0.29) is 0 Å². The van der Waals surface area contributed by atoms with E-state index >= 15 is 0 Å². The predicted molar refractivity (Wildman–Crippen MR) is 348 cm³/mol. The molecular formula is C37H49B23. The maximum Gasteiger partial charge on any atom is 0.139 e. The molecule has 0 unspecified atom stereocenters.